The number of aryl methyl sites for hydroxylation is 2. The smallest absolute Gasteiger partial charge is 0.261 e. The van der Waals surface area contributed by atoms with E-state index in [0.29, 0.717) is 5.69 Å². The van der Waals surface area contributed by atoms with Crippen LogP contribution >= 0.6 is 0 Å². The summed E-state index contributed by atoms with van der Waals surface area (Å²) in [5.41, 5.74) is 4.42. The number of carbonyl (C=O) groups is 1. The number of amides is 1. The summed E-state index contributed by atoms with van der Waals surface area (Å²) in [6.07, 6.45) is 4.51. The van der Waals surface area contributed by atoms with Crippen molar-refractivity contribution in [1.82, 2.24) is 0 Å². The van der Waals surface area contributed by atoms with Crippen molar-refractivity contribution in [1.29, 1.82) is 0 Å². The minimum absolute atomic E-state index is 0.0697. The highest BCUT2D eigenvalue weighted by Gasteiger charge is 2.21. The van der Waals surface area contributed by atoms with Gasteiger partial charge in [0, 0.05) is 11.4 Å². The van der Waals surface area contributed by atoms with E-state index in [1.54, 1.807) is 30.3 Å². The van der Waals surface area contributed by atoms with Crippen LogP contribution < -0.4 is 10.0 Å². The van der Waals surface area contributed by atoms with E-state index in [0.717, 1.165) is 36.1 Å². The molecule has 2 N–H and O–H groups in total. The third-order valence-corrected chi connectivity index (χ3v) is 5.99. The van der Waals surface area contributed by atoms with Gasteiger partial charge in [-0.2, -0.15) is 0 Å². The van der Waals surface area contributed by atoms with Gasteiger partial charge in [0.2, 0.25) is 5.91 Å². The highest BCUT2D eigenvalue weighted by molar-refractivity contribution is 7.92. The monoisotopic (exact) mass is 342 g/mol. The minimum atomic E-state index is -3.63. The zero-order valence-corrected chi connectivity index (χ0v) is 13.9. The lowest BCUT2D eigenvalue weighted by atomic mass is 9.92. The van der Waals surface area contributed by atoms with Crippen molar-refractivity contribution in [3.05, 3.63) is 53.1 Å². The van der Waals surface area contributed by atoms with E-state index >= 15 is 0 Å². The molecule has 1 aliphatic heterocycles. The van der Waals surface area contributed by atoms with Gasteiger partial charge in [-0.1, -0.05) is 6.07 Å². The molecule has 0 radical (unpaired) electrons. The van der Waals surface area contributed by atoms with Crippen LogP contribution in [0.3, 0.4) is 0 Å². The number of fused-ring (bicyclic) bond motifs is 2. The summed E-state index contributed by atoms with van der Waals surface area (Å²) in [6.45, 7) is 0. The number of nitrogens with one attached hydrogen (secondary N) is 2. The Bertz CT molecular complexity index is 935. The van der Waals surface area contributed by atoms with Crippen LogP contribution in [0.1, 0.15) is 29.5 Å². The SMILES string of the molecule is O=C1Cc2cc(NS(=O)(=O)c3ccc4c(c3)CCCC4)ccc2N1. The molecule has 1 heterocycles. The van der Waals surface area contributed by atoms with Crippen molar-refractivity contribution >= 4 is 27.3 Å². The van der Waals surface area contributed by atoms with Crippen molar-refractivity contribution in [2.45, 2.75) is 37.0 Å². The molecule has 6 heteroatoms. The number of sulfonamides is 1. The van der Waals surface area contributed by atoms with Crippen LogP contribution in [0, 0.1) is 0 Å². The van der Waals surface area contributed by atoms with Crippen molar-refractivity contribution < 1.29 is 13.2 Å². The number of benzene rings is 2. The van der Waals surface area contributed by atoms with E-state index in [4.69, 9.17) is 0 Å². The van der Waals surface area contributed by atoms with Gasteiger partial charge in [-0.25, -0.2) is 8.42 Å². The summed E-state index contributed by atoms with van der Waals surface area (Å²) in [4.78, 5) is 11.7. The molecule has 2 aliphatic rings. The second-order valence-corrected chi connectivity index (χ2v) is 8.02. The maximum atomic E-state index is 12.7. The van der Waals surface area contributed by atoms with Gasteiger partial charge in [0.25, 0.3) is 10.0 Å². The largest absolute Gasteiger partial charge is 0.326 e. The fourth-order valence-electron chi connectivity index (χ4n) is 3.38. The van der Waals surface area contributed by atoms with E-state index in [9.17, 15) is 13.2 Å². The summed E-state index contributed by atoms with van der Waals surface area (Å²) in [6, 6.07) is 10.5. The molecule has 5 nitrogen and oxygen atoms in total. The van der Waals surface area contributed by atoms with Gasteiger partial charge < -0.3 is 5.32 Å². The van der Waals surface area contributed by atoms with Crippen LogP contribution in [0.15, 0.2) is 41.3 Å². The molecule has 1 amide bonds. The van der Waals surface area contributed by atoms with E-state index < -0.39 is 10.0 Å². The fourth-order valence-corrected chi connectivity index (χ4v) is 4.48. The quantitative estimate of drug-likeness (QED) is 0.900. The Labute approximate surface area is 141 Å². The van der Waals surface area contributed by atoms with Gasteiger partial charge >= 0.3 is 0 Å². The molecule has 24 heavy (non-hydrogen) atoms. The molecule has 0 unspecified atom stereocenters. The first-order valence-corrected chi connectivity index (χ1v) is 9.57. The lowest BCUT2D eigenvalue weighted by Gasteiger charge is -2.17. The molecule has 0 aromatic heterocycles. The van der Waals surface area contributed by atoms with Crippen molar-refractivity contribution in [2.24, 2.45) is 0 Å². The molecule has 0 saturated heterocycles. The molecule has 0 bridgehead atoms. The lowest BCUT2D eigenvalue weighted by Crippen LogP contribution is -2.14. The second kappa shape index (κ2) is 5.63. The van der Waals surface area contributed by atoms with Gasteiger partial charge in [-0.3, -0.25) is 9.52 Å². The van der Waals surface area contributed by atoms with Crippen LogP contribution in [0.4, 0.5) is 11.4 Å². The van der Waals surface area contributed by atoms with Gasteiger partial charge in [0.15, 0.2) is 0 Å². The molecular formula is C18H18N2O3S. The molecular weight excluding hydrogens is 324 g/mol. The molecule has 0 spiro atoms. The summed E-state index contributed by atoms with van der Waals surface area (Å²) in [5, 5.41) is 2.74. The normalized spacial score (nSPS) is 16.2. The number of rotatable bonds is 3. The Morgan fingerprint density at radius 1 is 0.917 bits per heavy atom. The minimum Gasteiger partial charge on any atom is -0.326 e. The number of hydrogen-bond acceptors (Lipinski definition) is 3. The van der Waals surface area contributed by atoms with Crippen molar-refractivity contribution in [2.75, 3.05) is 10.0 Å². The van der Waals surface area contributed by atoms with Gasteiger partial charge in [-0.05, 0) is 72.7 Å². The predicted octanol–water partition coefficient (Wildman–Crippen LogP) is 2.86. The Morgan fingerprint density at radius 3 is 2.54 bits per heavy atom. The summed E-state index contributed by atoms with van der Waals surface area (Å²) >= 11 is 0. The summed E-state index contributed by atoms with van der Waals surface area (Å²) in [7, 11) is -3.63. The Kier molecular flexibility index (Phi) is 3.57. The van der Waals surface area contributed by atoms with E-state index in [2.05, 4.69) is 10.0 Å². The first-order valence-electron chi connectivity index (χ1n) is 8.09. The predicted molar refractivity (Wildman–Crippen MR) is 92.7 cm³/mol. The Balaban J connectivity index is 1.62. The Morgan fingerprint density at radius 2 is 1.71 bits per heavy atom. The van der Waals surface area contributed by atoms with Gasteiger partial charge in [-0.15, -0.1) is 0 Å². The van der Waals surface area contributed by atoms with Crippen molar-refractivity contribution in [3.8, 4) is 0 Å². The van der Waals surface area contributed by atoms with Gasteiger partial charge in [0.1, 0.15) is 0 Å². The first kappa shape index (κ1) is 15.2. The number of anilines is 2. The maximum Gasteiger partial charge on any atom is 0.261 e. The van der Waals surface area contributed by atoms with Crippen molar-refractivity contribution in [3.63, 3.8) is 0 Å². The maximum absolute atomic E-state index is 12.7. The number of hydrogen-bond donors (Lipinski definition) is 2. The lowest BCUT2D eigenvalue weighted by molar-refractivity contribution is -0.115. The molecule has 0 saturated carbocycles. The zero-order chi connectivity index (χ0) is 16.7. The summed E-state index contributed by atoms with van der Waals surface area (Å²) in [5.74, 6) is -0.0697. The Hall–Kier alpha value is -2.34. The molecule has 0 atom stereocenters. The topological polar surface area (TPSA) is 75.3 Å². The highest BCUT2D eigenvalue weighted by Crippen LogP contribution is 2.28. The standard InChI is InChI=1S/C18H18N2O3S/c21-18-11-14-9-15(6-8-17(14)19-18)20-24(22,23)16-7-5-12-3-1-2-4-13(12)10-16/h5-10,20H,1-4,11H2,(H,19,21). The van der Waals surface area contributed by atoms with E-state index in [1.807, 2.05) is 6.07 Å². The van der Waals surface area contributed by atoms with Gasteiger partial charge in [0.05, 0.1) is 11.3 Å². The van der Waals surface area contributed by atoms with Crippen LogP contribution in [0.5, 0.6) is 0 Å². The van der Waals surface area contributed by atoms with E-state index in [1.165, 1.54) is 12.0 Å². The molecule has 2 aromatic carbocycles. The van der Waals surface area contributed by atoms with E-state index in [-0.39, 0.29) is 17.2 Å². The zero-order valence-electron chi connectivity index (χ0n) is 13.1. The third-order valence-electron chi connectivity index (χ3n) is 4.61. The summed E-state index contributed by atoms with van der Waals surface area (Å²) < 4.78 is 27.9. The molecule has 1 aliphatic carbocycles. The van der Waals surface area contributed by atoms with Crippen LogP contribution in [-0.2, 0) is 34.1 Å². The highest BCUT2D eigenvalue weighted by atomic mass is 32.2. The number of carbonyl (C=O) groups excluding carboxylic acids is 1. The molecule has 124 valence electrons. The van der Waals surface area contributed by atoms with Crippen LogP contribution in [0.25, 0.3) is 0 Å². The first-order chi connectivity index (χ1) is 11.5. The second-order valence-electron chi connectivity index (χ2n) is 6.34. The third kappa shape index (κ3) is 2.78. The van der Waals surface area contributed by atoms with Crippen LogP contribution in [-0.4, -0.2) is 14.3 Å². The fraction of sp³-hybridized carbons (Fsp3) is 0.278. The molecule has 4 rings (SSSR count). The molecule has 2 aromatic rings. The average Bonchev–Trinajstić information content (AvgIpc) is 2.93. The average molecular weight is 342 g/mol. The van der Waals surface area contributed by atoms with Crippen LogP contribution in [0.2, 0.25) is 0 Å². The molecule has 0 fully saturated rings.